The standard InChI is InChI=1S/C19H17NO7/c1-24-14-3-2-10(4-15(14)25-8-19(22)23)11-6-18(21)20-13-7-17-16(5-12(11)13)26-9-27-17/h2-5,7,11H,6,8-9H2,1H3,(H,20,21)(H,22,23). The number of hydrogen-bond acceptors (Lipinski definition) is 6. The summed E-state index contributed by atoms with van der Waals surface area (Å²) in [5, 5.41) is 11.7. The first-order valence-electron chi connectivity index (χ1n) is 8.31. The number of fused-ring (bicyclic) bond motifs is 2. The van der Waals surface area contributed by atoms with Crippen molar-refractivity contribution in [2.24, 2.45) is 0 Å². The molecule has 27 heavy (non-hydrogen) atoms. The third kappa shape index (κ3) is 3.21. The molecule has 0 aliphatic carbocycles. The Hall–Kier alpha value is -3.42. The van der Waals surface area contributed by atoms with Crippen LogP contribution < -0.4 is 24.3 Å². The van der Waals surface area contributed by atoms with Crippen molar-refractivity contribution in [3.63, 3.8) is 0 Å². The van der Waals surface area contributed by atoms with Crippen molar-refractivity contribution < 1.29 is 33.6 Å². The number of aliphatic carboxylic acids is 1. The maximum absolute atomic E-state index is 12.2. The van der Waals surface area contributed by atoms with Crippen LogP contribution in [0, 0.1) is 0 Å². The molecule has 0 bridgehead atoms. The molecule has 8 heteroatoms. The summed E-state index contributed by atoms with van der Waals surface area (Å²) in [7, 11) is 1.48. The van der Waals surface area contributed by atoms with E-state index >= 15 is 0 Å². The molecule has 0 fully saturated rings. The zero-order chi connectivity index (χ0) is 19.0. The highest BCUT2D eigenvalue weighted by molar-refractivity contribution is 5.96. The number of benzene rings is 2. The largest absolute Gasteiger partial charge is 0.493 e. The highest BCUT2D eigenvalue weighted by atomic mass is 16.7. The Labute approximate surface area is 154 Å². The Morgan fingerprint density at radius 2 is 2.00 bits per heavy atom. The lowest BCUT2D eigenvalue weighted by molar-refractivity contribution is -0.139. The van der Waals surface area contributed by atoms with E-state index in [2.05, 4.69) is 5.32 Å². The van der Waals surface area contributed by atoms with Crippen LogP contribution in [0.1, 0.15) is 23.5 Å². The molecule has 2 N–H and O–H groups in total. The lowest BCUT2D eigenvalue weighted by atomic mass is 9.84. The van der Waals surface area contributed by atoms with Gasteiger partial charge in [-0.1, -0.05) is 6.07 Å². The first-order valence-corrected chi connectivity index (χ1v) is 8.31. The predicted octanol–water partition coefficient (Wildman–Crippen LogP) is 2.36. The quantitative estimate of drug-likeness (QED) is 0.831. The fraction of sp³-hybridized carbons (Fsp3) is 0.263. The molecule has 2 heterocycles. The SMILES string of the molecule is COc1ccc(C2CC(=O)Nc3cc4c(cc32)OCO4)cc1OCC(=O)O. The molecule has 4 rings (SSSR count). The summed E-state index contributed by atoms with van der Waals surface area (Å²) in [5.74, 6) is 0.520. The van der Waals surface area contributed by atoms with E-state index in [-0.39, 0.29) is 25.0 Å². The summed E-state index contributed by atoms with van der Waals surface area (Å²) in [6, 6.07) is 8.87. The van der Waals surface area contributed by atoms with Gasteiger partial charge in [0.2, 0.25) is 12.7 Å². The van der Waals surface area contributed by atoms with Crippen molar-refractivity contribution in [1.29, 1.82) is 0 Å². The molecular formula is C19H17NO7. The van der Waals surface area contributed by atoms with Crippen LogP contribution in [0.3, 0.4) is 0 Å². The summed E-state index contributed by atoms with van der Waals surface area (Å²) >= 11 is 0. The van der Waals surface area contributed by atoms with E-state index in [1.165, 1.54) is 7.11 Å². The minimum atomic E-state index is -1.09. The Morgan fingerprint density at radius 1 is 1.22 bits per heavy atom. The summed E-state index contributed by atoms with van der Waals surface area (Å²) in [5.41, 5.74) is 2.38. The molecule has 0 saturated carbocycles. The maximum Gasteiger partial charge on any atom is 0.341 e. The zero-order valence-corrected chi connectivity index (χ0v) is 14.5. The number of anilines is 1. The van der Waals surface area contributed by atoms with Gasteiger partial charge in [-0.15, -0.1) is 0 Å². The second-order valence-electron chi connectivity index (χ2n) is 6.19. The van der Waals surface area contributed by atoms with Crippen molar-refractivity contribution in [2.45, 2.75) is 12.3 Å². The van der Waals surface area contributed by atoms with Gasteiger partial charge in [0, 0.05) is 24.1 Å². The molecule has 0 saturated heterocycles. The third-order valence-corrected chi connectivity index (χ3v) is 4.52. The van der Waals surface area contributed by atoms with Gasteiger partial charge < -0.3 is 29.4 Å². The normalized spacial score (nSPS) is 17.1. The first kappa shape index (κ1) is 17.0. The van der Waals surface area contributed by atoms with Gasteiger partial charge in [0.15, 0.2) is 29.6 Å². The molecule has 1 unspecified atom stereocenters. The van der Waals surface area contributed by atoms with Crippen LogP contribution in [0.15, 0.2) is 30.3 Å². The third-order valence-electron chi connectivity index (χ3n) is 4.52. The molecule has 0 spiro atoms. The molecule has 8 nitrogen and oxygen atoms in total. The van der Waals surface area contributed by atoms with E-state index in [0.717, 1.165) is 11.1 Å². The summed E-state index contributed by atoms with van der Waals surface area (Å²) in [6.07, 6.45) is 0.247. The fourth-order valence-corrected chi connectivity index (χ4v) is 3.31. The molecule has 0 aromatic heterocycles. The van der Waals surface area contributed by atoms with Crippen molar-refractivity contribution in [3.05, 3.63) is 41.5 Å². The van der Waals surface area contributed by atoms with Crippen molar-refractivity contribution in [3.8, 4) is 23.0 Å². The zero-order valence-electron chi connectivity index (χ0n) is 14.5. The van der Waals surface area contributed by atoms with Gasteiger partial charge in [-0.05, 0) is 29.3 Å². The summed E-state index contributed by atoms with van der Waals surface area (Å²) in [4.78, 5) is 23.0. The molecule has 1 atom stereocenters. The second-order valence-corrected chi connectivity index (χ2v) is 6.19. The Kier molecular flexibility index (Phi) is 4.23. The number of amides is 1. The van der Waals surface area contributed by atoms with E-state index in [0.29, 0.717) is 28.7 Å². The van der Waals surface area contributed by atoms with E-state index in [1.54, 1.807) is 18.2 Å². The highest BCUT2D eigenvalue weighted by Crippen LogP contribution is 2.45. The van der Waals surface area contributed by atoms with Crippen LogP contribution in [-0.2, 0) is 9.59 Å². The Balaban J connectivity index is 1.74. The van der Waals surface area contributed by atoms with Crippen LogP contribution in [0.25, 0.3) is 0 Å². The first-order chi connectivity index (χ1) is 13.0. The van der Waals surface area contributed by atoms with E-state index < -0.39 is 12.6 Å². The number of carboxylic acid groups (broad SMARTS) is 1. The van der Waals surface area contributed by atoms with Gasteiger partial charge in [-0.25, -0.2) is 4.79 Å². The summed E-state index contributed by atoms with van der Waals surface area (Å²) in [6.45, 7) is -0.340. The average Bonchev–Trinajstić information content (AvgIpc) is 3.11. The minimum absolute atomic E-state index is 0.116. The maximum atomic E-state index is 12.2. The topological polar surface area (TPSA) is 103 Å². The van der Waals surface area contributed by atoms with Crippen LogP contribution in [-0.4, -0.2) is 37.5 Å². The Morgan fingerprint density at radius 3 is 2.74 bits per heavy atom. The number of carbonyl (C=O) groups is 2. The monoisotopic (exact) mass is 371 g/mol. The lowest BCUT2D eigenvalue weighted by Crippen LogP contribution is -2.23. The van der Waals surface area contributed by atoms with Crippen molar-refractivity contribution in [2.75, 3.05) is 25.8 Å². The van der Waals surface area contributed by atoms with Gasteiger partial charge in [0.1, 0.15) is 0 Å². The van der Waals surface area contributed by atoms with Crippen LogP contribution in [0.2, 0.25) is 0 Å². The number of methoxy groups -OCH3 is 1. The molecule has 2 aliphatic heterocycles. The number of hydrogen-bond donors (Lipinski definition) is 2. The fourth-order valence-electron chi connectivity index (χ4n) is 3.31. The number of ether oxygens (including phenoxy) is 4. The van der Waals surface area contributed by atoms with Gasteiger partial charge in [-0.3, -0.25) is 4.79 Å². The number of carboxylic acids is 1. The number of nitrogens with one attached hydrogen (secondary N) is 1. The number of rotatable bonds is 5. The highest BCUT2D eigenvalue weighted by Gasteiger charge is 2.30. The van der Waals surface area contributed by atoms with E-state index in [9.17, 15) is 9.59 Å². The van der Waals surface area contributed by atoms with E-state index in [1.807, 2.05) is 12.1 Å². The molecule has 2 aromatic rings. The molecule has 2 aromatic carbocycles. The molecule has 140 valence electrons. The predicted molar refractivity (Wildman–Crippen MR) is 93.8 cm³/mol. The lowest BCUT2D eigenvalue weighted by Gasteiger charge is -2.27. The smallest absolute Gasteiger partial charge is 0.341 e. The van der Waals surface area contributed by atoms with Gasteiger partial charge in [0.25, 0.3) is 0 Å². The van der Waals surface area contributed by atoms with Crippen LogP contribution >= 0.6 is 0 Å². The van der Waals surface area contributed by atoms with Crippen molar-refractivity contribution in [1.82, 2.24) is 0 Å². The van der Waals surface area contributed by atoms with Gasteiger partial charge in [-0.2, -0.15) is 0 Å². The van der Waals surface area contributed by atoms with Crippen LogP contribution in [0.4, 0.5) is 5.69 Å². The Bertz CT molecular complexity index is 925. The van der Waals surface area contributed by atoms with Gasteiger partial charge in [0.05, 0.1) is 7.11 Å². The molecule has 1 amide bonds. The molecule has 0 radical (unpaired) electrons. The van der Waals surface area contributed by atoms with Gasteiger partial charge >= 0.3 is 5.97 Å². The summed E-state index contributed by atoms with van der Waals surface area (Å²) < 4.78 is 21.4. The van der Waals surface area contributed by atoms with Crippen molar-refractivity contribution >= 4 is 17.6 Å². The molecular weight excluding hydrogens is 354 g/mol. The molecule has 2 aliphatic rings. The van der Waals surface area contributed by atoms with Crippen LogP contribution in [0.5, 0.6) is 23.0 Å². The average molecular weight is 371 g/mol. The number of carbonyl (C=O) groups excluding carboxylic acids is 1. The minimum Gasteiger partial charge on any atom is -0.493 e. The second kappa shape index (κ2) is 6.71. The van der Waals surface area contributed by atoms with E-state index in [4.69, 9.17) is 24.1 Å².